The number of hydrogen-bond acceptors (Lipinski definition) is 7. The fraction of sp³-hybridized carbons (Fsp3) is 0.190. The largest absolute Gasteiger partial charge is 0.497 e. The van der Waals surface area contributed by atoms with Gasteiger partial charge in [0.1, 0.15) is 11.6 Å². The molecule has 0 aliphatic heterocycles. The number of nitrogens with zero attached hydrogens (tertiary/aromatic N) is 6. The lowest BCUT2D eigenvalue weighted by Gasteiger charge is -2.09. The molecule has 0 spiro atoms. The topological polar surface area (TPSA) is 103 Å². The van der Waals surface area contributed by atoms with Crippen molar-refractivity contribution in [2.75, 3.05) is 7.11 Å². The molecule has 0 amide bonds. The molecule has 1 N–H and O–H groups in total. The molecule has 9 nitrogen and oxygen atoms in total. The number of methoxy groups -OCH3 is 1. The van der Waals surface area contributed by atoms with Crippen molar-refractivity contribution < 1.29 is 4.74 Å². The number of rotatable bonds is 6. The monoisotopic (exact) mass is 433 g/mol. The lowest BCUT2D eigenvalue weighted by atomic mass is 10.2. The zero-order valence-electron chi connectivity index (χ0n) is 16.9. The van der Waals surface area contributed by atoms with Gasteiger partial charge in [0.15, 0.2) is 5.82 Å². The Morgan fingerprint density at radius 3 is 2.68 bits per heavy atom. The van der Waals surface area contributed by atoms with Gasteiger partial charge in [-0.2, -0.15) is 0 Å². The number of benzene rings is 2. The molecule has 31 heavy (non-hydrogen) atoms. The first-order valence-electron chi connectivity index (χ1n) is 9.74. The number of aromatic amines is 1. The number of thioether (sulfide) groups is 1. The van der Waals surface area contributed by atoms with Crippen molar-refractivity contribution >= 4 is 28.4 Å². The van der Waals surface area contributed by atoms with Crippen LogP contribution in [-0.4, -0.2) is 41.5 Å². The molecule has 0 radical (unpaired) electrons. The molecule has 5 rings (SSSR count). The lowest BCUT2D eigenvalue weighted by molar-refractivity contribution is 0.415. The maximum atomic E-state index is 12.8. The van der Waals surface area contributed by atoms with Gasteiger partial charge in [0.25, 0.3) is 5.56 Å². The first kappa shape index (κ1) is 19.3. The Bertz CT molecular complexity index is 1440. The predicted octanol–water partition coefficient (Wildman–Crippen LogP) is 3.15. The van der Waals surface area contributed by atoms with E-state index in [9.17, 15) is 4.79 Å². The number of ether oxygens (including phenoxy) is 1. The van der Waals surface area contributed by atoms with Crippen LogP contribution in [0.25, 0.3) is 28.1 Å². The van der Waals surface area contributed by atoms with Gasteiger partial charge in [0.05, 0.1) is 23.8 Å². The maximum Gasteiger partial charge on any atom is 0.262 e. The lowest BCUT2D eigenvalue weighted by Crippen LogP contribution is -2.22. The smallest absolute Gasteiger partial charge is 0.262 e. The Morgan fingerprint density at radius 2 is 1.90 bits per heavy atom. The molecule has 3 aromatic heterocycles. The molecule has 10 heteroatoms. The highest BCUT2D eigenvalue weighted by Gasteiger charge is 2.16. The number of aromatic nitrogens is 7. The highest BCUT2D eigenvalue weighted by molar-refractivity contribution is 7.98. The van der Waals surface area contributed by atoms with Gasteiger partial charge in [-0.1, -0.05) is 23.9 Å². The molecule has 0 saturated carbocycles. The molecular formula is C21H19N7O2S. The van der Waals surface area contributed by atoms with Gasteiger partial charge in [-0.3, -0.25) is 18.9 Å². The normalized spacial score (nSPS) is 11.4. The van der Waals surface area contributed by atoms with E-state index in [4.69, 9.17) is 4.74 Å². The maximum absolute atomic E-state index is 12.8. The Balaban J connectivity index is 1.46. The van der Waals surface area contributed by atoms with E-state index in [1.807, 2.05) is 59.9 Å². The van der Waals surface area contributed by atoms with Gasteiger partial charge in [0.2, 0.25) is 10.9 Å². The van der Waals surface area contributed by atoms with Crippen LogP contribution in [-0.2, 0) is 12.3 Å². The summed E-state index contributed by atoms with van der Waals surface area (Å²) in [4.78, 5) is 17.4. The van der Waals surface area contributed by atoms with E-state index in [1.165, 1.54) is 11.8 Å². The van der Waals surface area contributed by atoms with Crippen molar-refractivity contribution in [3.63, 3.8) is 0 Å². The minimum Gasteiger partial charge on any atom is -0.497 e. The average Bonchev–Trinajstić information content (AvgIpc) is 3.46. The van der Waals surface area contributed by atoms with Gasteiger partial charge in [-0.25, -0.2) is 4.98 Å². The first-order valence-corrected chi connectivity index (χ1v) is 10.7. The number of hydrogen-bond donors (Lipinski definition) is 1. The summed E-state index contributed by atoms with van der Waals surface area (Å²) in [5.74, 6) is 3.24. The van der Waals surface area contributed by atoms with Crippen LogP contribution in [0.5, 0.6) is 5.75 Å². The second kappa shape index (κ2) is 7.88. The van der Waals surface area contributed by atoms with E-state index in [-0.39, 0.29) is 5.56 Å². The van der Waals surface area contributed by atoms with E-state index in [0.29, 0.717) is 34.4 Å². The highest BCUT2D eigenvalue weighted by atomic mass is 32.2. The molecule has 2 aromatic carbocycles. The van der Waals surface area contributed by atoms with E-state index in [0.717, 1.165) is 22.7 Å². The molecule has 156 valence electrons. The number of aryl methyl sites for hydroxylation is 1. The third-order valence-electron chi connectivity index (χ3n) is 5.05. The van der Waals surface area contributed by atoms with Crippen LogP contribution in [0.3, 0.4) is 0 Å². The minimum atomic E-state index is -0.0599. The van der Waals surface area contributed by atoms with Crippen LogP contribution in [0, 0.1) is 0 Å². The third-order valence-corrected chi connectivity index (χ3v) is 5.89. The SMILES string of the molecule is CCn1c(=O)c2ccccc2n2c(CSc3n[nH]c(-c4ccc(OC)cc4)n3)nnc12. The predicted molar refractivity (Wildman–Crippen MR) is 118 cm³/mol. The van der Waals surface area contributed by atoms with Crippen molar-refractivity contribution in [3.8, 4) is 17.1 Å². The van der Waals surface area contributed by atoms with Crippen LogP contribution in [0.15, 0.2) is 58.5 Å². The molecular weight excluding hydrogens is 414 g/mol. The average molecular weight is 433 g/mol. The summed E-state index contributed by atoms with van der Waals surface area (Å²) in [7, 11) is 1.63. The molecule has 0 aliphatic carbocycles. The fourth-order valence-electron chi connectivity index (χ4n) is 3.51. The van der Waals surface area contributed by atoms with Crippen LogP contribution >= 0.6 is 11.8 Å². The summed E-state index contributed by atoms with van der Waals surface area (Å²) >= 11 is 1.45. The van der Waals surface area contributed by atoms with E-state index in [2.05, 4.69) is 25.4 Å². The molecule has 5 aromatic rings. The van der Waals surface area contributed by atoms with Crippen LogP contribution in [0.2, 0.25) is 0 Å². The van der Waals surface area contributed by atoms with Crippen LogP contribution in [0.4, 0.5) is 0 Å². The zero-order valence-corrected chi connectivity index (χ0v) is 17.8. The van der Waals surface area contributed by atoms with Gasteiger partial charge < -0.3 is 4.74 Å². The molecule has 3 heterocycles. The van der Waals surface area contributed by atoms with E-state index in [1.54, 1.807) is 11.7 Å². The summed E-state index contributed by atoms with van der Waals surface area (Å²) in [5, 5.41) is 17.2. The number of fused-ring (bicyclic) bond motifs is 3. The van der Waals surface area contributed by atoms with Gasteiger partial charge in [-0.05, 0) is 43.3 Å². The van der Waals surface area contributed by atoms with Crippen molar-refractivity contribution in [2.45, 2.75) is 24.4 Å². The molecule has 0 saturated heterocycles. The second-order valence-electron chi connectivity index (χ2n) is 6.80. The Kier molecular flexibility index (Phi) is 4.91. The van der Waals surface area contributed by atoms with Gasteiger partial charge in [-0.15, -0.1) is 15.3 Å². The Hall–Kier alpha value is -3.66. The molecule has 0 atom stereocenters. The van der Waals surface area contributed by atoms with Gasteiger partial charge >= 0.3 is 0 Å². The minimum absolute atomic E-state index is 0.0599. The third kappa shape index (κ3) is 3.34. The van der Waals surface area contributed by atoms with Gasteiger partial charge in [0, 0.05) is 12.1 Å². The summed E-state index contributed by atoms with van der Waals surface area (Å²) < 4.78 is 8.76. The summed E-state index contributed by atoms with van der Waals surface area (Å²) in [6.45, 7) is 2.44. The van der Waals surface area contributed by atoms with Crippen molar-refractivity contribution in [3.05, 3.63) is 64.7 Å². The van der Waals surface area contributed by atoms with Crippen molar-refractivity contribution in [1.29, 1.82) is 0 Å². The fourth-order valence-corrected chi connectivity index (χ4v) is 4.22. The quantitative estimate of drug-likeness (QED) is 0.410. The summed E-state index contributed by atoms with van der Waals surface area (Å²) in [5.41, 5.74) is 1.66. The van der Waals surface area contributed by atoms with E-state index < -0.39 is 0 Å². The summed E-state index contributed by atoms with van der Waals surface area (Å²) in [6.07, 6.45) is 0. The molecule has 0 aliphatic rings. The first-order chi connectivity index (χ1) is 15.2. The molecule has 0 unspecified atom stereocenters. The second-order valence-corrected chi connectivity index (χ2v) is 7.74. The number of para-hydroxylation sites is 1. The Labute approximate surface area is 181 Å². The highest BCUT2D eigenvalue weighted by Crippen LogP contribution is 2.24. The molecule has 0 fully saturated rings. The summed E-state index contributed by atoms with van der Waals surface area (Å²) in [6, 6.07) is 15.1. The molecule has 0 bridgehead atoms. The standard InChI is InChI=1S/C21H19N7O2S/c1-3-27-19(29)15-6-4-5-7-16(15)28-17(23-26-21(27)28)12-31-20-22-18(24-25-20)13-8-10-14(30-2)11-9-13/h4-11H,3,12H2,1-2H3,(H,22,24,25). The number of nitrogens with one attached hydrogen (secondary N) is 1. The number of H-pyrrole nitrogens is 1. The Morgan fingerprint density at radius 1 is 1.10 bits per heavy atom. The van der Waals surface area contributed by atoms with E-state index >= 15 is 0 Å². The van der Waals surface area contributed by atoms with Crippen molar-refractivity contribution in [2.24, 2.45) is 0 Å². The van der Waals surface area contributed by atoms with Crippen LogP contribution < -0.4 is 10.3 Å². The van der Waals surface area contributed by atoms with Crippen molar-refractivity contribution in [1.82, 2.24) is 34.3 Å². The van der Waals surface area contributed by atoms with Crippen LogP contribution in [0.1, 0.15) is 12.7 Å². The zero-order chi connectivity index (χ0) is 21.4.